The smallest absolute Gasteiger partial charge is 0.221 e. The highest BCUT2D eigenvalue weighted by Gasteiger charge is 2.22. The van der Waals surface area contributed by atoms with Gasteiger partial charge in [-0.1, -0.05) is 46.7 Å². The van der Waals surface area contributed by atoms with Crippen molar-refractivity contribution in [3.63, 3.8) is 0 Å². The summed E-state index contributed by atoms with van der Waals surface area (Å²) < 4.78 is 0. The lowest BCUT2D eigenvalue weighted by Gasteiger charge is -2.28. The van der Waals surface area contributed by atoms with Crippen molar-refractivity contribution < 1.29 is 10.2 Å². The molecule has 2 saturated carbocycles. The van der Waals surface area contributed by atoms with Crippen LogP contribution in [0.3, 0.4) is 0 Å². The number of aromatic nitrogens is 4. The second-order valence-electron chi connectivity index (χ2n) is 12.1. The Morgan fingerprint density at radius 1 is 0.688 bits per heavy atom. The summed E-state index contributed by atoms with van der Waals surface area (Å²) in [6, 6.07) is 15.7. The minimum Gasteiger partial charge on any atom is -0.396 e. The van der Waals surface area contributed by atoms with Crippen LogP contribution in [0.5, 0.6) is 0 Å². The molecule has 2 heterocycles. The molecule has 4 aromatic rings. The molecule has 2 aliphatic carbocycles. The Hall–Kier alpha value is -3.00. The van der Waals surface area contributed by atoms with E-state index in [4.69, 9.17) is 34.7 Å². The van der Waals surface area contributed by atoms with Gasteiger partial charge in [0.05, 0.1) is 15.9 Å². The number of nitrogens with two attached hydrogens (primary N) is 2. The van der Waals surface area contributed by atoms with Crippen molar-refractivity contribution in [3.05, 3.63) is 71.0 Å². The van der Waals surface area contributed by atoms with Crippen LogP contribution in [-0.4, -0.2) is 55.4 Å². The van der Waals surface area contributed by atoms with E-state index in [-0.39, 0.29) is 24.6 Å². The molecule has 48 heavy (non-hydrogen) atoms. The van der Waals surface area contributed by atoms with Gasteiger partial charge >= 0.3 is 0 Å². The Labute approximate surface area is 300 Å². The molecule has 0 unspecified atom stereocenters. The summed E-state index contributed by atoms with van der Waals surface area (Å²) in [5.74, 6) is 3.04. The van der Waals surface area contributed by atoms with Crippen molar-refractivity contribution >= 4 is 70.3 Å². The van der Waals surface area contributed by atoms with Gasteiger partial charge in [0.2, 0.25) is 11.9 Å². The summed E-state index contributed by atoms with van der Waals surface area (Å²) >= 11 is 15.0. The Morgan fingerprint density at radius 2 is 1.17 bits per heavy atom. The number of halogens is 2. The molecule has 0 saturated heterocycles. The van der Waals surface area contributed by atoms with Crippen LogP contribution in [-0.2, 0) is 0 Å². The lowest BCUT2D eigenvalue weighted by molar-refractivity contribution is 0.111. The average molecular weight is 730 g/mol. The molecule has 0 atom stereocenters. The molecule has 256 valence electrons. The molecule has 6 rings (SSSR count). The molecule has 0 bridgehead atoms. The van der Waals surface area contributed by atoms with E-state index >= 15 is 0 Å². The molecular weight excluding hydrogens is 687 g/mol. The highest BCUT2D eigenvalue weighted by molar-refractivity contribution is 7.99. The Morgan fingerprint density at radius 3 is 1.69 bits per heavy atom. The first-order valence-corrected chi connectivity index (χ1v) is 18.5. The molecule has 0 aliphatic heterocycles. The van der Waals surface area contributed by atoms with Crippen LogP contribution in [0.25, 0.3) is 0 Å². The lowest BCUT2D eigenvalue weighted by atomic mass is 9.86. The summed E-state index contributed by atoms with van der Waals surface area (Å²) in [5.41, 5.74) is 11.5. The third-order valence-corrected chi connectivity index (χ3v) is 11.0. The highest BCUT2D eigenvalue weighted by atomic mass is 35.5. The number of nitrogen functional groups attached to an aromatic ring is 2. The molecule has 2 aromatic carbocycles. The number of nitrogens with zero attached hydrogens (tertiary/aromatic N) is 4. The number of rotatable bonds is 10. The maximum atomic E-state index is 9.61. The first-order valence-electron chi connectivity index (χ1n) is 16.1. The fraction of sp³-hybridized carbons (Fsp3) is 0.412. The summed E-state index contributed by atoms with van der Waals surface area (Å²) in [4.78, 5) is 21.0. The van der Waals surface area contributed by atoms with Gasteiger partial charge in [-0.3, -0.25) is 0 Å². The largest absolute Gasteiger partial charge is 0.396 e. The van der Waals surface area contributed by atoms with Crippen LogP contribution in [0.1, 0.15) is 51.4 Å². The second-order valence-corrected chi connectivity index (χ2v) is 15.2. The fourth-order valence-corrected chi connectivity index (χ4v) is 7.61. The number of benzene rings is 2. The van der Waals surface area contributed by atoms with E-state index in [1.165, 1.54) is 0 Å². The molecule has 2 aliphatic rings. The van der Waals surface area contributed by atoms with Crippen molar-refractivity contribution in [2.24, 2.45) is 11.8 Å². The molecule has 8 N–H and O–H groups in total. The number of aliphatic hydroxyl groups is 2. The van der Waals surface area contributed by atoms with Crippen LogP contribution in [0, 0.1) is 11.8 Å². The number of hydrogen-bond donors (Lipinski definition) is 6. The summed E-state index contributed by atoms with van der Waals surface area (Å²) in [6.45, 7) is 1.11. The maximum Gasteiger partial charge on any atom is 0.221 e. The lowest BCUT2D eigenvalue weighted by Crippen LogP contribution is -2.28. The van der Waals surface area contributed by atoms with Crippen LogP contribution in [0.2, 0.25) is 10.0 Å². The third kappa shape index (κ3) is 11.3. The van der Waals surface area contributed by atoms with Gasteiger partial charge < -0.3 is 32.3 Å². The highest BCUT2D eigenvalue weighted by Crippen LogP contribution is 2.36. The second kappa shape index (κ2) is 18.1. The van der Waals surface area contributed by atoms with E-state index < -0.39 is 0 Å². The van der Waals surface area contributed by atoms with Gasteiger partial charge in [-0.05, 0) is 112 Å². The standard InChI is InChI=1S/2C17H21ClN4OS/c18-12-3-7-14(8-4-12)24-15-9-20-17(19)22-16(15)21-13-5-1-11(10-23)2-6-13;18-12-3-7-14(8-4-12)24-15-10-21-17(19)22-16(15)20-9-11-1-5-13(23)6-2-11/h3-4,7-9,11,13,23H,1-2,5-6,10H2,(H3,19,20,21,22);3-4,7-8,10-11,13,23H,1-2,5-6,9H2,(H3,19,20,21,22). The number of nitrogens with one attached hydrogen (secondary N) is 2. The quantitative estimate of drug-likeness (QED) is 0.0945. The van der Waals surface area contributed by atoms with Crippen LogP contribution >= 0.6 is 46.7 Å². The zero-order chi connectivity index (χ0) is 33.9. The van der Waals surface area contributed by atoms with Crippen LogP contribution < -0.4 is 22.1 Å². The van der Waals surface area contributed by atoms with Crippen molar-refractivity contribution in [1.82, 2.24) is 19.9 Å². The SMILES string of the molecule is Nc1ncc(Sc2ccc(Cl)cc2)c(NC2CCC(CO)CC2)n1.Nc1ncc(Sc2ccc(Cl)cc2)c(NCC2CCC(O)CC2)n1. The molecule has 10 nitrogen and oxygen atoms in total. The Kier molecular flexibility index (Phi) is 13.7. The Bertz CT molecular complexity index is 1590. The van der Waals surface area contributed by atoms with Gasteiger partial charge in [0.1, 0.15) is 11.6 Å². The monoisotopic (exact) mass is 728 g/mol. The minimum absolute atomic E-state index is 0.132. The summed E-state index contributed by atoms with van der Waals surface area (Å²) in [6.07, 6.45) is 11.3. The predicted octanol–water partition coefficient (Wildman–Crippen LogP) is 7.65. The molecule has 2 aromatic heterocycles. The Balaban J connectivity index is 0.000000188. The average Bonchev–Trinajstić information content (AvgIpc) is 3.09. The topological polar surface area (TPSA) is 168 Å². The third-order valence-electron chi connectivity index (χ3n) is 8.45. The minimum atomic E-state index is -0.132. The van der Waals surface area contributed by atoms with Crippen molar-refractivity contribution in [3.8, 4) is 0 Å². The molecule has 0 spiro atoms. The zero-order valence-electron chi connectivity index (χ0n) is 26.6. The number of anilines is 4. The normalized spacial score (nSPS) is 20.8. The van der Waals surface area contributed by atoms with Gasteiger partial charge in [0.25, 0.3) is 0 Å². The zero-order valence-corrected chi connectivity index (χ0v) is 29.7. The van der Waals surface area contributed by atoms with E-state index in [0.29, 0.717) is 27.9 Å². The molecule has 14 heteroatoms. The van der Waals surface area contributed by atoms with E-state index in [9.17, 15) is 10.2 Å². The van der Waals surface area contributed by atoms with Crippen molar-refractivity contribution in [2.75, 3.05) is 35.3 Å². The van der Waals surface area contributed by atoms with Crippen molar-refractivity contribution in [1.29, 1.82) is 0 Å². The summed E-state index contributed by atoms with van der Waals surface area (Å²) in [5, 5.41) is 27.2. The fourth-order valence-electron chi connectivity index (χ4n) is 5.68. The van der Waals surface area contributed by atoms with E-state index in [1.807, 2.05) is 48.5 Å². The maximum absolute atomic E-state index is 9.61. The molecular formula is C34H42Cl2N8O2S2. The van der Waals surface area contributed by atoms with Crippen LogP contribution in [0.15, 0.2) is 80.5 Å². The van der Waals surface area contributed by atoms with Gasteiger partial charge in [-0.25, -0.2) is 9.97 Å². The first kappa shape index (κ1) is 36.3. The van der Waals surface area contributed by atoms with Gasteiger partial charge in [0, 0.05) is 51.4 Å². The molecule has 2 fully saturated rings. The van der Waals surface area contributed by atoms with Crippen LogP contribution in [0.4, 0.5) is 23.5 Å². The van der Waals surface area contributed by atoms with Gasteiger partial charge in [-0.2, -0.15) is 9.97 Å². The predicted molar refractivity (Wildman–Crippen MR) is 197 cm³/mol. The first-order chi connectivity index (χ1) is 23.2. The molecule has 0 amide bonds. The van der Waals surface area contributed by atoms with Gasteiger partial charge in [-0.15, -0.1) is 0 Å². The van der Waals surface area contributed by atoms with E-state index in [2.05, 4.69) is 30.6 Å². The van der Waals surface area contributed by atoms with E-state index in [1.54, 1.807) is 35.9 Å². The van der Waals surface area contributed by atoms with E-state index in [0.717, 1.165) is 89.1 Å². The van der Waals surface area contributed by atoms with Crippen molar-refractivity contribution in [2.45, 2.75) is 83.1 Å². The molecule has 0 radical (unpaired) electrons. The summed E-state index contributed by atoms with van der Waals surface area (Å²) in [7, 11) is 0. The number of hydrogen-bond acceptors (Lipinski definition) is 12. The van der Waals surface area contributed by atoms with Gasteiger partial charge in [0.15, 0.2) is 0 Å². The number of aliphatic hydroxyl groups excluding tert-OH is 2.